The number of aryl methyl sites for hydroxylation is 1. The summed E-state index contributed by atoms with van der Waals surface area (Å²) in [6.45, 7) is 9.39. The highest BCUT2D eigenvalue weighted by molar-refractivity contribution is 5.27. The lowest BCUT2D eigenvalue weighted by Gasteiger charge is -2.20. The van der Waals surface area contributed by atoms with Crippen LogP contribution in [0.1, 0.15) is 30.5 Å². The Morgan fingerprint density at radius 3 is 2.43 bits per heavy atom. The highest BCUT2D eigenvalue weighted by Gasteiger charge is 2.06. The molecular weight excluding hydrogens is 260 g/mol. The van der Waals surface area contributed by atoms with Crippen molar-refractivity contribution < 1.29 is 0 Å². The van der Waals surface area contributed by atoms with Gasteiger partial charge in [-0.3, -0.25) is 9.58 Å². The van der Waals surface area contributed by atoms with Gasteiger partial charge in [0, 0.05) is 38.4 Å². The molecule has 0 saturated heterocycles. The summed E-state index contributed by atoms with van der Waals surface area (Å²) < 4.78 is 1.84. The number of rotatable bonds is 8. The molecule has 0 bridgehead atoms. The van der Waals surface area contributed by atoms with Crippen LogP contribution >= 0.6 is 0 Å². The van der Waals surface area contributed by atoms with Gasteiger partial charge >= 0.3 is 0 Å². The predicted molar refractivity (Wildman–Crippen MR) is 86.8 cm³/mol. The summed E-state index contributed by atoms with van der Waals surface area (Å²) in [7, 11) is 1.95. The Hall–Kier alpha value is -1.65. The first-order valence-electron chi connectivity index (χ1n) is 7.70. The van der Waals surface area contributed by atoms with E-state index in [9.17, 15) is 0 Å². The molecule has 0 aliphatic carbocycles. The third kappa shape index (κ3) is 4.69. The average Bonchev–Trinajstić information content (AvgIpc) is 2.91. The summed E-state index contributed by atoms with van der Waals surface area (Å²) in [6.07, 6.45) is 3.96. The Bertz CT molecular complexity index is 543. The summed E-state index contributed by atoms with van der Waals surface area (Å²) in [5, 5.41) is 7.70. The van der Waals surface area contributed by atoms with E-state index in [0.717, 1.165) is 32.7 Å². The van der Waals surface area contributed by atoms with Gasteiger partial charge in [0.1, 0.15) is 0 Å². The summed E-state index contributed by atoms with van der Waals surface area (Å²) in [5.41, 5.74) is 4.02. The Morgan fingerprint density at radius 1 is 1.10 bits per heavy atom. The van der Waals surface area contributed by atoms with Crippen LogP contribution in [-0.2, 0) is 26.7 Å². The van der Waals surface area contributed by atoms with E-state index < -0.39 is 0 Å². The fraction of sp³-hybridized carbons (Fsp3) is 0.471. The van der Waals surface area contributed by atoms with E-state index in [0.29, 0.717) is 0 Å². The number of benzene rings is 1. The maximum Gasteiger partial charge on any atom is 0.0534 e. The van der Waals surface area contributed by atoms with Crippen molar-refractivity contribution in [1.29, 1.82) is 0 Å². The number of nitrogens with one attached hydrogen (secondary N) is 1. The highest BCUT2D eigenvalue weighted by atomic mass is 15.2. The van der Waals surface area contributed by atoms with Crippen molar-refractivity contribution in [3.05, 3.63) is 53.3 Å². The number of aromatic nitrogens is 2. The van der Waals surface area contributed by atoms with E-state index in [1.807, 2.05) is 17.9 Å². The standard InChI is InChI=1S/C17H26N4/c1-4-21(5-2)14-17-9-7-6-8-16(17)12-18-10-15-11-19-20(3)13-15/h6-9,11,13,18H,4-5,10,12,14H2,1-3H3. The van der Waals surface area contributed by atoms with Crippen molar-refractivity contribution in [1.82, 2.24) is 20.0 Å². The molecule has 1 aromatic heterocycles. The zero-order chi connectivity index (χ0) is 15.1. The quantitative estimate of drug-likeness (QED) is 0.809. The van der Waals surface area contributed by atoms with Gasteiger partial charge in [-0.05, 0) is 24.2 Å². The maximum atomic E-state index is 4.19. The van der Waals surface area contributed by atoms with Crippen LogP contribution in [0.5, 0.6) is 0 Å². The van der Waals surface area contributed by atoms with Gasteiger partial charge in [0.25, 0.3) is 0 Å². The van der Waals surface area contributed by atoms with Crippen LogP contribution in [0.2, 0.25) is 0 Å². The summed E-state index contributed by atoms with van der Waals surface area (Å²) in [5.74, 6) is 0. The van der Waals surface area contributed by atoms with Gasteiger partial charge in [-0.15, -0.1) is 0 Å². The number of hydrogen-bond donors (Lipinski definition) is 1. The molecule has 21 heavy (non-hydrogen) atoms. The minimum atomic E-state index is 0.855. The van der Waals surface area contributed by atoms with Crippen LogP contribution in [0.25, 0.3) is 0 Å². The zero-order valence-corrected chi connectivity index (χ0v) is 13.3. The molecule has 1 aromatic carbocycles. The lowest BCUT2D eigenvalue weighted by molar-refractivity contribution is 0.294. The van der Waals surface area contributed by atoms with E-state index in [1.54, 1.807) is 0 Å². The van der Waals surface area contributed by atoms with Crippen molar-refractivity contribution in [2.24, 2.45) is 7.05 Å². The van der Waals surface area contributed by atoms with E-state index >= 15 is 0 Å². The fourth-order valence-corrected chi connectivity index (χ4v) is 2.48. The van der Waals surface area contributed by atoms with Crippen LogP contribution in [-0.4, -0.2) is 27.8 Å². The first-order chi connectivity index (χ1) is 10.2. The second-order valence-corrected chi connectivity index (χ2v) is 5.36. The molecule has 0 saturated carbocycles. The molecule has 4 heteroatoms. The zero-order valence-electron chi connectivity index (χ0n) is 13.3. The molecule has 0 radical (unpaired) electrons. The normalized spacial score (nSPS) is 11.2. The largest absolute Gasteiger partial charge is 0.308 e. The molecule has 4 nitrogen and oxygen atoms in total. The van der Waals surface area contributed by atoms with E-state index in [2.05, 4.69) is 59.6 Å². The van der Waals surface area contributed by atoms with Gasteiger partial charge in [-0.25, -0.2) is 0 Å². The van der Waals surface area contributed by atoms with Gasteiger partial charge < -0.3 is 5.32 Å². The molecule has 0 aliphatic rings. The third-order valence-corrected chi connectivity index (χ3v) is 3.81. The lowest BCUT2D eigenvalue weighted by Crippen LogP contribution is -2.23. The van der Waals surface area contributed by atoms with Crippen molar-refractivity contribution >= 4 is 0 Å². The molecule has 0 amide bonds. The van der Waals surface area contributed by atoms with Crippen molar-refractivity contribution in [3.8, 4) is 0 Å². The molecular formula is C17H26N4. The summed E-state index contributed by atoms with van der Waals surface area (Å²) in [4.78, 5) is 2.44. The van der Waals surface area contributed by atoms with E-state index in [4.69, 9.17) is 0 Å². The van der Waals surface area contributed by atoms with E-state index in [1.165, 1.54) is 16.7 Å². The van der Waals surface area contributed by atoms with Gasteiger partial charge in [-0.1, -0.05) is 38.1 Å². The molecule has 114 valence electrons. The van der Waals surface area contributed by atoms with E-state index in [-0.39, 0.29) is 0 Å². The first kappa shape index (κ1) is 15.7. The van der Waals surface area contributed by atoms with Crippen LogP contribution < -0.4 is 5.32 Å². The van der Waals surface area contributed by atoms with Crippen LogP contribution in [0.15, 0.2) is 36.7 Å². The van der Waals surface area contributed by atoms with Crippen LogP contribution in [0.4, 0.5) is 0 Å². The van der Waals surface area contributed by atoms with Gasteiger partial charge in [0.15, 0.2) is 0 Å². The fourth-order valence-electron chi connectivity index (χ4n) is 2.48. The van der Waals surface area contributed by atoms with Crippen molar-refractivity contribution in [2.45, 2.75) is 33.5 Å². The topological polar surface area (TPSA) is 33.1 Å². The molecule has 1 N–H and O–H groups in total. The van der Waals surface area contributed by atoms with Crippen molar-refractivity contribution in [3.63, 3.8) is 0 Å². The van der Waals surface area contributed by atoms with Gasteiger partial charge in [-0.2, -0.15) is 5.10 Å². The first-order valence-corrected chi connectivity index (χ1v) is 7.70. The molecule has 0 unspecified atom stereocenters. The van der Waals surface area contributed by atoms with Crippen LogP contribution in [0, 0.1) is 0 Å². The molecule has 0 atom stereocenters. The molecule has 2 rings (SSSR count). The number of hydrogen-bond acceptors (Lipinski definition) is 3. The van der Waals surface area contributed by atoms with Crippen LogP contribution in [0.3, 0.4) is 0 Å². The Morgan fingerprint density at radius 2 is 1.81 bits per heavy atom. The lowest BCUT2D eigenvalue weighted by atomic mass is 10.1. The predicted octanol–water partition coefficient (Wildman–Crippen LogP) is 2.55. The Labute approximate surface area is 127 Å². The second-order valence-electron chi connectivity index (χ2n) is 5.36. The van der Waals surface area contributed by atoms with Gasteiger partial charge in [0.05, 0.1) is 6.20 Å². The molecule has 0 spiro atoms. The maximum absolute atomic E-state index is 4.19. The SMILES string of the molecule is CCN(CC)Cc1ccccc1CNCc1cnn(C)c1. The second kappa shape index (κ2) is 7.96. The minimum Gasteiger partial charge on any atom is -0.308 e. The number of nitrogens with zero attached hydrogens (tertiary/aromatic N) is 3. The summed E-state index contributed by atoms with van der Waals surface area (Å²) >= 11 is 0. The summed E-state index contributed by atoms with van der Waals surface area (Å²) in [6, 6.07) is 8.70. The monoisotopic (exact) mass is 286 g/mol. The Kier molecular flexibility index (Phi) is 5.96. The highest BCUT2D eigenvalue weighted by Crippen LogP contribution is 2.12. The molecule has 0 aliphatic heterocycles. The average molecular weight is 286 g/mol. The Balaban J connectivity index is 1.93. The minimum absolute atomic E-state index is 0.855. The molecule has 2 aromatic rings. The molecule has 1 heterocycles. The molecule has 0 fully saturated rings. The third-order valence-electron chi connectivity index (χ3n) is 3.81. The van der Waals surface area contributed by atoms with Crippen molar-refractivity contribution in [2.75, 3.05) is 13.1 Å². The van der Waals surface area contributed by atoms with Gasteiger partial charge in [0.2, 0.25) is 0 Å². The smallest absolute Gasteiger partial charge is 0.0534 e.